The zero-order valence-electron chi connectivity index (χ0n) is 10.7. The molecule has 98 valence electrons. The molecule has 0 unspecified atom stereocenters. The van der Waals surface area contributed by atoms with Gasteiger partial charge in [0.25, 0.3) is 0 Å². The minimum Gasteiger partial charge on any atom is -0.486 e. The standard InChI is InChI=1S/C13H16ClNO3/c1-4-17-12(16)7-5-9(14)10(15)8-6-13(2,3)18-11(7)8/h5H,4,6,15H2,1-3H3. The maximum absolute atomic E-state index is 11.9. The Morgan fingerprint density at radius 3 is 2.89 bits per heavy atom. The van der Waals surface area contributed by atoms with E-state index in [2.05, 4.69) is 0 Å². The Labute approximate surface area is 111 Å². The van der Waals surface area contributed by atoms with Crippen LogP contribution < -0.4 is 10.5 Å². The molecule has 2 N–H and O–H groups in total. The molecule has 0 amide bonds. The molecule has 1 aliphatic rings. The zero-order chi connectivity index (χ0) is 13.5. The molecule has 1 heterocycles. The van der Waals surface area contributed by atoms with Gasteiger partial charge >= 0.3 is 5.97 Å². The van der Waals surface area contributed by atoms with Gasteiger partial charge < -0.3 is 15.2 Å². The van der Waals surface area contributed by atoms with E-state index in [1.54, 1.807) is 6.92 Å². The van der Waals surface area contributed by atoms with Crippen molar-refractivity contribution in [2.24, 2.45) is 0 Å². The summed E-state index contributed by atoms with van der Waals surface area (Å²) in [5, 5.41) is 0.359. The highest BCUT2D eigenvalue weighted by Gasteiger charge is 2.36. The van der Waals surface area contributed by atoms with Crippen LogP contribution in [0.15, 0.2) is 6.07 Å². The molecule has 0 radical (unpaired) electrons. The largest absolute Gasteiger partial charge is 0.486 e. The summed E-state index contributed by atoms with van der Waals surface area (Å²) in [5.74, 6) is 0.0636. The number of ether oxygens (including phenoxy) is 2. The van der Waals surface area contributed by atoms with Gasteiger partial charge in [0, 0.05) is 12.0 Å². The van der Waals surface area contributed by atoms with Gasteiger partial charge in [-0.05, 0) is 26.8 Å². The third-order valence-electron chi connectivity index (χ3n) is 2.85. The van der Waals surface area contributed by atoms with Gasteiger partial charge in [0.1, 0.15) is 16.9 Å². The highest BCUT2D eigenvalue weighted by atomic mass is 35.5. The van der Waals surface area contributed by atoms with E-state index in [-0.39, 0.29) is 5.60 Å². The van der Waals surface area contributed by atoms with Crippen LogP contribution in [-0.4, -0.2) is 18.2 Å². The Hall–Kier alpha value is -1.42. The lowest BCUT2D eigenvalue weighted by atomic mass is 9.99. The summed E-state index contributed by atoms with van der Waals surface area (Å²) in [6.45, 7) is 5.94. The fourth-order valence-electron chi connectivity index (χ4n) is 2.09. The normalized spacial score (nSPS) is 16.0. The molecule has 0 atom stereocenters. The SMILES string of the molecule is CCOC(=O)c1cc(Cl)c(N)c2c1OC(C)(C)C2. The number of benzene rings is 1. The molecule has 0 spiro atoms. The van der Waals surface area contributed by atoms with E-state index in [1.807, 2.05) is 13.8 Å². The van der Waals surface area contributed by atoms with E-state index in [0.717, 1.165) is 5.56 Å². The van der Waals surface area contributed by atoms with Crippen LogP contribution in [-0.2, 0) is 11.2 Å². The molecule has 4 nitrogen and oxygen atoms in total. The second-order valence-corrected chi connectivity index (χ2v) is 5.29. The Bertz CT molecular complexity index is 511. The van der Waals surface area contributed by atoms with Crippen LogP contribution in [0.25, 0.3) is 0 Å². The summed E-state index contributed by atoms with van der Waals surface area (Å²) in [6.07, 6.45) is 0.626. The van der Waals surface area contributed by atoms with E-state index in [0.29, 0.717) is 35.1 Å². The van der Waals surface area contributed by atoms with Crippen molar-refractivity contribution in [2.45, 2.75) is 32.8 Å². The predicted molar refractivity (Wildman–Crippen MR) is 70.2 cm³/mol. The minimum absolute atomic E-state index is 0.305. The first-order valence-corrected chi connectivity index (χ1v) is 6.20. The molecule has 1 aromatic rings. The number of carbonyl (C=O) groups excluding carboxylic acids is 1. The van der Waals surface area contributed by atoms with Crippen molar-refractivity contribution in [3.63, 3.8) is 0 Å². The second-order valence-electron chi connectivity index (χ2n) is 4.89. The number of carbonyl (C=O) groups is 1. The zero-order valence-corrected chi connectivity index (χ0v) is 11.4. The first-order chi connectivity index (χ1) is 8.35. The Morgan fingerprint density at radius 2 is 2.28 bits per heavy atom. The van der Waals surface area contributed by atoms with Gasteiger partial charge in [0.05, 0.1) is 17.3 Å². The Balaban J connectivity index is 2.54. The number of halogens is 1. The lowest BCUT2D eigenvalue weighted by Crippen LogP contribution is -2.25. The number of rotatable bonds is 2. The van der Waals surface area contributed by atoms with E-state index in [9.17, 15) is 4.79 Å². The van der Waals surface area contributed by atoms with E-state index >= 15 is 0 Å². The number of nitrogen functional groups attached to an aromatic ring is 1. The quantitative estimate of drug-likeness (QED) is 0.662. The van der Waals surface area contributed by atoms with Crippen LogP contribution >= 0.6 is 11.6 Å². The highest BCUT2D eigenvalue weighted by molar-refractivity contribution is 6.33. The van der Waals surface area contributed by atoms with Crippen molar-refractivity contribution < 1.29 is 14.3 Å². The average molecular weight is 270 g/mol. The van der Waals surface area contributed by atoms with Gasteiger partial charge in [-0.2, -0.15) is 0 Å². The fraction of sp³-hybridized carbons (Fsp3) is 0.462. The van der Waals surface area contributed by atoms with Crippen molar-refractivity contribution in [1.29, 1.82) is 0 Å². The molecule has 2 rings (SSSR count). The third kappa shape index (κ3) is 2.12. The lowest BCUT2D eigenvalue weighted by molar-refractivity contribution is 0.0516. The smallest absolute Gasteiger partial charge is 0.341 e. The van der Waals surface area contributed by atoms with Crippen LogP contribution in [0, 0.1) is 0 Å². The lowest BCUT2D eigenvalue weighted by Gasteiger charge is -2.17. The molecular weight excluding hydrogens is 254 g/mol. The molecule has 1 aromatic carbocycles. The number of hydrogen-bond donors (Lipinski definition) is 1. The number of esters is 1. The van der Waals surface area contributed by atoms with Crippen LogP contribution in [0.4, 0.5) is 5.69 Å². The van der Waals surface area contributed by atoms with E-state index < -0.39 is 5.97 Å². The Morgan fingerprint density at radius 1 is 1.61 bits per heavy atom. The van der Waals surface area contributed by atoms with Crippen molar-refractivity contribution in [2.75, 3.05) is 12.3 Å². The molecule has 0 saturated carbocycles. The molecule has 18 heavy (non-hydrogen) atoms. The molecule has 1 aliphatic heterocycles. The summed E-state index contributed by atoms with van der Waals surface area (Å²) in [4.78, 5) is 11.9. The van der Waals surface area contributed by atoms with E-state index in [1.165, 1.54) is 6.07 Å². The first kappa shape index (κ1) is 13.0. The van der Waals surface area contributed by atoms with Gasteiger partial charge in [0.2, 0.25) is 0 Å². The molecule has 5 heteroatoms. The van der Waals surface area contributed by atoms with Crippen LogP contribution in [0.5, 0.6) is 5.75 Å². The fourth-order valence-corrected chi connectivity index (χ4v) is 2.31. The summed E-state index contributed by atoms with van der Waals surface area (Å²) in [5.41, 5.74) is 7.16. The number of fused-ring (bicyclic) bond motifs is 1. The van der Waals surface area contributed by atoms with Gasteiger partial charge in [-0.1, -0.05) is 11.6 Å². The van der Waals surface area contributed by atoms with Gasteiger partial charge in [-0.3, -0.25) is 0 Å². The van der Waals surface area contributed by atoms with Crippen molar-refractivity contribution in [3.8, 4) is 5.75 Å². The van der Waals surface area contributed by atoms with Crippen LogP contribution in [0.1, 0.15) is 36.7 Å². The van der Waals surface area contributed by atoms with Crippen LogP contribution in [0.2, 0.25) is 5.02 Å². The highest BCUT2D eigenvalue weighted by Crippen LogP contribution is 2.44. The number of nitrogens with two attached hydrogens (primary N) is 1. The van der Waals surface area contributed by atoms with Crippen LogP contribution in [0.3, 0.4) is 0 Å². The molecule has 0 aromatic heterocycles. The first-order valence-electron chi connectivity index (χ1n) is 5.82. The van der Waals surface area contributed by atoms with Crippen molar-refractivity contribution in [3.05, 3.63) is 22.2 Å². The van der Waals surface area contributed by atoms with Gasteiger partial charge in [-0.15, -0.1) is 0 Å². The summed E-state index contributed by atoms with van der Waals surface area (Å²) in [6, 6.07) is 1.51. The maximum Gasteiger partial charge on any atom is 0.341 e. The topological polar surface area (TPSA) is 61.5 Å². The van der Waals surface area contributed by atoms with E-state index in [4.69, 9.17) is 26.8 Å². The summed E-state index contributed by atoms with van der Waals surface area (Å²) >= 11 is 6.05. The van der Waals surface area contributed by atoms with Crippen molar-refractivity contribution in [1.82, 2.24) is 0 Å². The van der Waals surface area contributed by atoms with Gasteiger partial charge in [-0.25, -0.2) is 4.79 Å². The predicted octanol–water partition coefficient (Wildman–Crippen LogP) is 2.81. The minimum atomic E-state index is -0.437. The monoisotopic (exact) mass is 269 g/mol. The number of anilines is 1. The van der Waals surface area contributed by atoms with Crippen molar-refractivity contribution >= 4 is 23.3 Å². The number of hydrogen-bond acceptors (Lipinski definition) is 4. The molecule has 0 aliphatic carbocycles. The Kier molecular flexibility index (Phi) is 3.15. The molecule has 0 saturated heterocycles. The second kappa shape index (κ2) is 4.35. The van der Waals surface area contributed by atoms with Gasteiger partial charge in [0.15, 0.2) is 0 Å². The summed E-state index contributed by atoms with van der Waals surface area (Å²) in [7, 11) is 0. The maximum atomic E-state index is 11.9. The molecule has 0 fully saturated rings. The molecular formula is C13H16ClNO3. The summed E-state index contributed by atoms with van der Waals surface area (Å²) < 4.78 is 10.8. The average Bonchev–Trinajstić information content (AvgIpc) is 2.60. The molecule has 0 bridgehead atoms. The third-order valence-corrected chi connectivity index (χ3v) is 3.16.